The van der Waals surface area contributed by atoms with Gasteiger partial charge in [-0.3, -0.25) is 14.5 Å². The fraction of sp³-hybridized carbons (Fsp3) is 0.579. The van der Waals surface area contributed by atoms with Crippen molar-refractivity contribution < 1.29 is 14.7 Å². The van der Waals surface area contributed by atoms with Crippen LogP contribution in [0.15, 0.2) is 30.3 Å². The molecule has 0 aliphatic carbocycles. The van der Waals surface area contributed by atoms with Crippen molar-refractivity contribution in [2.75, 3.05) is 19.6 Å². The molecule has 0 bridgehead atoms. The van der Waals surface area contributed by atoms with E-state index in [0.717, 1.165) is 32.4 Å². The van der Waals surface area contributed by atoms with E-state index in [-0.39, 0.29) is 24.4 Å². The SMILES string of the molecule is CC[C@@H](C)N(CC(=O)O)C(=O)[C@@H]1CCCN(Cc2ccccc2)C1. The van der Waals surface area contributed by atoms with Gasteiger partial charge in [-0.1, -0.05) is 37.3 Å². The van der Waals surface area contributed by atoms with Crippen molar-refractivity contribution in [3.63, 3.8) is 0 Å². The number of amides is 1. The lowest BCUT2D eigenvalue weighted by molar-refractivity contribution is -0.149. The highest BCUT2D eigenvalue weighted by atomic mass is 16.4. The highest BCUT2D eigenvalue weighted by Crippen LogP contribution is 2.22. The molecule has 2 rings (SSSR count). The van der Waals surface area contributed by atoms with Gasteiger partial charge >= 0.3 is 5.97 Å². The summed E-state index contributed by atoms with van der Waals surface area (Å²) in [5.41, 5.74) is 1.25. The van der Waals surface area contributed by atoms with Gasteiger partial charge in [0.25, 0.3) is 0 Å². The van der Waals surface area contributed by atoms with Gasteiger partial charge in [-0.2, -0.15) is 0 Å². The summed E-state index contributed by atoms with van der Waals surface area (Å²) in [5.74, 6) is -1.05. The Labute approximate surface area is 144 Å². The molecule has 1 aromatic rings. The van der Waals surface area contributed by atoms with E-state index in [0.29, 0.717) is 6.54 Å². The molecule has 1 fully saturated rings. The van der Waals surface area contributed by atoms with Gasteiger partial charge in [0.1, 0.15) is 6.54 Å². The second-order valence-electron chi connectivity index (χ2n) is 6.68. The van der Waals surface area contributed by atoms with Crippen molar-refractivity contribution >= 4 is 11.9 Å². The molecule has 5 nitrogen and oxygen atoms in total. The maximum Gasteiger partial charge on any atom is 0.323 e. The van der Waals surface area contributed by atoms with Crippen LogP contribution in [0.3, 0.4) is 0 Å². The second-order valence-corrected chi connectivity index (χ2v) is 6.68. The van der Waals surface area contributed by atoms with E-state index in [4.69, 9.17) is 5.11 Å². The van der Waals surface area contributed by atoms with Gasteiger partial charge in [0, 0.05) is 19.1 Å². The van der Waals surface area contributed by atoms with Crippen LogP contribution in [-0.2, 0) is 16.1 Å². The van der Waals surface area contributed by atoms with E-state index < -0.39 is 5.97 Å². The Hall–Kier alpha value is -1.88. The summed E-state index contributed by atoms with van der Waals surface area (Å²) in [5, 5.41) is 9.12. The molecule has 0 spiro atoms. The smallest absolute Gasteiger partial charge is 0.323 e. The first-order valence-electron chi connectivity index (χ1n) is 8.79. The Bertz CT molecular complexity index is 547. The fourth-order valence-electron chi connectivity index (χ4n) is 3.29. The first-order chi connectivity index (χ1) is 11.5. The molecule has 2 atom stereocenters. The minimum absolute atomic E-state index is 0.00971. The number of hydrogen-bond acceptors (Lipinski definition) is 3. The zero-order valence-corrected chi connectivity index (χ0v) is 14.6. The number of carbonyl (C=O) groups is 2. The van der Waals surface area contributed by atoms with Crippen LogP contribution in [0.25, 0.3) is 0 Å². The fourth-order valence-corrected chi connectivity index (χ4v) is 3.29. The van der Waals surface area contributed by atoms with Gasteiger partial charge < -0.3 is 10.0 Å². The summed E-state index contributed by atoms with van der Waals surface area (Å²) in [6.07, 6.45) is 2.58. The zero-order chi connectivity index (χ0) is 17.5. The monoisotopic (exact) mass is 332 g/mol. The summed E-state index contributed by atoms with van der Waals surface area (Å²) in [4.78, 5) is 27.8. The molecule has 1 aliphatic heterocycles. The third kappa shape index (κ3) is 5.06. The van der Waals surface area contributed by atoms with Gasteiger partial charge in [-0.15, -0.1) is 0 Å². The number of likely N-dealkylation sites (tertiary alicyclic amines) is 1. The van der Waals surface area contributed by atoms with Crippen molar-refractivity contribution in [3.05, 3.63) is 35.9 Å². The van der Waals surface area contributed by atoms with Gasteiger partial charge in [-0.05, 0) is 38.3 Å². The summed E-state index contributed by atoms with van der Waals surface area (Å²) in [7, 11) is 0. The number of rotatable bonds is 7. The lowest BCUT2D eigenvalue weighted by Gasteiger charge is -2.36. The molecular weight excluding hydrogens is 304 g/mol. The molecule has 0 saturated carbocycles. The Balaban J connectivity index is 2.01. The van der Waals surface area contributed by atoms with E-state index in [9.17, 15) is 9.59 Å². The molecule has 1 N–H and O–H groups in total. The molecule has 132 valence electrons. The van der Waals surface area contributed by atoms with Crippen LogP contribution >= 0.6 is 0 Å². The standard InChI is InChI=1S/C19H28N2O3/c1-3-15(2)21(14-18(22)23)19(24)17-10-7-11-20(13-17)12-16-8-5-4-6-9-16/h4-6,8-9,15,17H,3,7,10-14H2,1-2H3,(H,22,23)/t15-,17-/m1/s1. The number of carboxylic acid groups (broad SMARTS) is 1. The summed E-state index contributed by atoms with van der Waals surface area (Å²) < 4.78 is 0. The van der Waals surface area contributed by atoms with Crippen molar-refractivity contribution in [1.82, 2.24) is 9.80 Å². The molecule has 1 amide bonds. The predicted molar refractivity (Wildman–Crippen MR) is 93.5 cm³/mol. The molecule has 1 heterocycles. The normalized spacial score (nSPS) is 19.7. The van der Waals surface area contributed by atoms with Gasteiger partial charge in [-0.25, -0.2) is 0 Å². The summed E-state index contributed by atoms with van der Waals surface area (Å²) in [6, 6.07) is 10.2. The molecule has 0 aromatic heterocycles. The number of aliphatic carboxylic acids is 1. The summed E-state index contributed by atoms with van der Waals surface area (Å²) >= 11 is 0. The van der Waals surface area contributed by atoms with E-state index in [1.807, 2.05) is 32.0 Å². The number of carboxylic acids is 1. The van der Waals surface area contributed by atoms with Crippen molar-refractivity contribution in [2.45, 2.75) is 45.7 Å². The largest absolute Gasteiger partial charge is 0.480 e. The predicted octanol–water partition coefficient (Wildman–Crippen LogP) is 2.61. The molecule has 0 unspecified atom stereocenters. The van der Waals surface area contributed by atoms with Crippen LogP contribution in [-0.4, -0.2) is 52.5 Å². The van der Waals surface area contributed by atoms with Crippen LogP contribution in [0.2, 0.25) is 0 Å². The van der Waals surface area contributed by atoms with Crippen LogP contribution < -0.4 is 0 Å². The minimum Gasteiger partial charge on any atom is -0.480 e. The van der Waals surface area contributed by atoms with Crippen LogP contribution in [0.5, 0.6) is 0 Å². The number of carbonyl (C=O) groups excluding carboxylic acids is 1. The van der Waals surface area contributed by atoms with E-state index >= 15 is 0 Å². The van der Waals surface area contributed by atoms with Crippen LogP contribution in [0.4, 0.5) is 0 Å². The van der Waals surface area contributed by atoms with Gasteiger partial charge in [0.15, 0.2) is 0 Å². The average Bonchev–Trinajstić information content (AvgIpc) is 2.59. The Morgan fingerprint density at radius 2 is 2.04 bits per heavy atom. The third-order valence-corrected chi connectivity index (χ3v) is 4.82. The molecule has 24 heavy (non-hydrogen) atoms. The zero-order valence-electron chi connectivity index (χ0n) is 14.6. The molecule has 0 radical (unpaired) electrons. The highest BCUT2D eigenvalue weighted by molar-refractivity contribution is 5.83. The topological polar surface area (TPSA) is 60.9 Å². The highest BCUT2D eigenvalue weighted by Gasteiger charge is 2.31. The first-order valence-corrected chi connectivity index (χ1v) is 8.79. The Morgan fingerprint density at radius 3 is 2.67 bits per heavy atom. The molecular formula is C19H28N2O3. The van der Waals surface area contributed by atoms with E-state index in [2.05, 4.69) is 17.0 Å². The Morgan fingerprint density at radius 1 is 1.33 bits per heavy atom. The number of hydrogen-bond donors (Lipinski definition) is 1. The van der Waals surface area contributed by atoms with Gasteiger partial charge in [0.2, 0.25) is 5.91 Å². The third-order valence-electron chi connectivity index (χ3n) is 4.82. The number of piperidine rings is 1. The quantitative estimate of drug-likeness (QED) is 0.834. The number of benzene rings is 1. The van der Waals surface area contributed by atoms with Crippen LogP contribution in [0, 0.1) is 5.92 Å². The lowest BCUT2D eigenvalue weighted by Crippen LogP contribution is -2.49. The van der Waals surface area contributed by atoms with Crippen molar-refractivity contribution in [2.24, 2.45) is 5.92 Å². The maximum atomic E-state index is 12.9. The number of nitrogens with zero attached hydrogens (tertiary/aromatic N) is 2. The molecule has 1 aromatic carbocycles. The van der Waals surface area contributed by atoms with E-state index in [1.165, 1.54) is 5.56 Å². The Kier molecular flexibility index (Phi) is 6.79. The van der Waals surface area contributed by atoms with Gasteiger partial charge in [0.05, 0.1) is 5.92 Å². The maximum absolute atomic E-state index is 12.9. The summed E-state index contributed by atoms with van der Waals surface area (Å²) in [6.45, 7) is 6.23. The van der Waals surface area contributed by atoms with E-state index in [1.54, 1.807) is 4.90 Å². The lowest BCUT2D eigenvalue weighted by atomic mass is 9.95. The average molecular weight is 332 g/mol. The molecule has 1 saturated heterocycles. The van der Waals surface area contributed by atoms with Crippen molar-refractivity contribution in [3.8, 4) is 0 Å². The molecule has 1 aliphatic rings. The van der Waals surface area contributed by atoms with Crippen molar-refractivity contribution in [1.29, 1.82) is 0 Å². The second kappa shape index (κ2) is 8.83. The molecule has 5 heteroatoms. The minimum atomic E-state index is -0.944. The van der Waals surface area contributed by atoms with Crippen LogP contribution in [0.1, 0.15) is 38.7 Å². The first kappa shape index (κ1) is 18.5.